The topological polar surface area (TPSA) is 88.9 Å². The minimum Gasteiger partial charge on any atom is -0.344 e. The molecule has 0 saturated heterocycles. The minimum absolute atomic E-state index is 0.0658. The molecule has 1 aliphatic carbocycles. The normalized spacial score (nSPS) is 17.8. The summed E-state index contributed by atoms with van der Waals surface area (Å²) >= 11 is 0. The molecule has 1 aromatic carbocycles. The van der Waals surface area contributed by atoms with Gasteiger partial charge in [0.05, 0.1) is 11.9 Å². The van der Waals surface area contributed by atoms with Gasteiger partial charge in [0.25, 0.3) is 0 Å². The molecule has 2 aromatic heterocycles. The number of pyridine rings is 1. The number of halogens is 2. The van der Waals surface area contributed by atoms with Crippen LogP contribution in [-0.2, 0) is 9.59 Å². The van der Waals surface area contributed by atoms with Crippen LogP contribution in [0.25, 0.3) is 5.69 Å². The molecule has 0 unspecified atom stereocenters. The number of nitrogens with one attached hydrogen (secondary N) is 2. The van der Waals surface area contributed by atoms with Gasteiger partial charge in [-0.25, -0.2) is 13.5 Å². The predicted octanol–water partition coefficient (Wildman–Crippen LogP) is 2.16. The molecule has 3 aromatic rings. The highest BCUT2D eigenvalue weighted by atomic mass is 19.1. The first-order valence-corrected chi connectivity index (χ1v) is 8.55. The molecule has 1 aliphatic rings. The van der Waals surface area contributed by atoms with Crippen LogP contribution in [0, 0.1) is 11.6 Å². The molecule has 0 spiro atoms. The fourth-order valence-corrected chi connectivity index (χ4v) is 3.03. The Morgan fingerprint density at radius 2 is 1.71 bits per heavy atom. The largest absolute Gasteiger partial charge is 0.344 e. The van der Waals surface area contributed by atoms with E-state index in [4.69, 9.17) is 0 Å². The second-order valence-corrected chi connectivity index (χ2v) is 6.35. The number of hydrogen-bond acceptors (Lipinski definition) is 4. The van der Waals surface area contributed by atoms with Gasteiger partial charge in [-0.3, -0.25) is 14.6 Å². The van der Waals surface area contributed by atoms with Gasteiger partial charge in [-0.2, -0.15) is 5.10 Å². The fourth-order valence-electron chi connectivity index (χ4n) is 3.03. The van der Waals surface area contributed by atoms with E-state index in [2.05, 4.69) is 20.7 Å². The van der Waals surface area contributed by atoms with Crippen LogP contribution < -0.4 is 10.6 Å². The van der Waals surface area contributed by atoms with E-state index in [-0.39, 0.29) is 5.56 Å². The molecule has 9 heteroatoms. The summed E-state index contributed by atoms with van der Waals surface area (Å²) in [5.41, 5.74) is 0.594. The van der Waals surface area contributed by atoms with E-state index in [0.29, 0.717) is 17.9 Å². The minimum atomic E-state index is -0.893. The lowest BCUT2D eigenvalue weighted by atomic mass is 10.1. The van der Waals surface area contributed by atoms with E-state index >= 15 is 0 Å². The average Bonchev–Trinajstić information content (AvgIpc) is 3.26. The van der Waals surface area contributed by atoms with E-state index in [1.54, 1.807) is 30.6 Å². The number of anilines is 1. The molecule has 7 nitrogen and oxygen atoms in total. The summed E-state index contributed by atoms with van der Waals surface area (Å²) in [6.07, 6.45) is 4.99. The van der Waals surface area contributed by atoms with Crippen LogP contribution in [0.5, 0.6) is 0 Å². The van der Waals surface area contributed by atoms with Crippen molar-refractivity contribution < 1.29 is 18.4 Å². The fraction of sp³-hybridized carbons (Fsp3) is 0.158. The summed E-state index contributed by atoms with van der Waals surface area (Å²) in [5, 5.41) is 9.09. The lowest BCUT2D eigenvalue weighted by molar-refractivity contribution is -0.136. The summed E-state index contributed by atoms with van der Waals surface area (Å²) in [6.45, 7) is 0. The number of nitrogens with zero attached hydrogens (tertiary/aromatic N) is 3. The van der Waals surface area contributed by atoms with E-state index in [1.807, 2.05) is 0 Å². The number of rotatable bonds is 4. The standard InChI is InChI=1S/C19H15F2N5O2/c20-13-2-1-3-14(21)17(13)12-10-15(12)24-18(27)19(28)25-16-6-9-23-26(16)11-4-7-22-8-5-11/h1-9,12,15H,10H2,(H,24,27)(H,25,28)/t12-,15+/m0/s1. The maximum atomic E-state index is 13.8. The van der Waals surface area contributed by atoms with Crippen molar-refractivity contribution in [1.29, 1.82) is 0 Å². The van der Waals surface area contributed by atoms with Gasteiger partial charge in [0, 0.05) is 36.0 Å². The van der Waals surface area contributed by atoms with E-state index in [9.17, 15) is 18.4 Å². The number of carbonyl (C=O) groups is 2. The first-order chi connectivity index (χ1) is 13.5. The molecule has 1 saturated carbocycles. The van der Waals surface area contributed by atoms with Crippen molar-refractivity contribution in [2.45, 2.75) is 18.4 Å². The molecule has 2 amide bonds. The van der Waals surface area contributed by atoms with E-state index in [1.165, 1.54) is 29.1 Å². The van der Waals surface area contributed by atoms with Crippen LogP contribution in [0.15, 0.2) is 55.0 Å². The summed E-state index contributed by atoms with van der Waals surface area (Å²) in [7, 11) is 0. The lowest BCUT2D eigenvalue weighted by Crippen LogP contribution is -2.37. The maximum absolute atomic E-state index is 13.8. The quantitative estimate of drug-likeness (QED) is 0.676. The zero-order valence-corrected chi connectivity index (χ0v) is 14.5. The predicted molar refractivity (Wildman–Crippen MR) is 95.6 cm³/mol. The van der Waals surface area contributed by atoms with Crippen LogP contribution in [0.1, 0.15) is 17.9 Å². The van der Waals surface area contributed by atoms with Crippen LogP contribution in [0.4, 0.5) is 14.6 Å². The van der Waals surface area contributed by atoms with E-state index in [0.717, 1.165) is 0 Å². The molecule has 2 heterocycles. The third-order valence-corrected chi connectivity index (χ3v) is 4.48. The Morgan fingerprint density at radius 1 is 1.00 bits per heavy atom. The average molecular weight is 383 g/mol. The van der Waals surface area contributed by atoms with Crippen LogP contribution in [0.2, 0.25) is 0 Å². The number of benzene rings is 1. The lowest BCUT2D eigenvalue weighted by Gasteiger charge is -2.09. The van der Waals surface area contributed by atoms with Crippen molar-refractivity contribution >= 4 is 17.6 Å². The van der Waals surface area contributed by atoms with Gasteiger partial charge < -0.3 is 10.6 Å². The Bertz CT molecular complexity index is 1020. The number of carbonyl (C=O) groups excluding carboxylic acids is 2. The second kappa shape index (κ2) is 7.18. The zero-order valence-electron chi connectivity index (χ0n) is 14.5. The molecule has 28 heavy (non-hydrogen) atoms. The van der Waals surface area contributed by atoms with Gasteiger partial charge in [0.1, 0.15) is 17.5 Å². The number of aromatic nitrogens is 3. The van der Waals surface area contributed by atoms with Crippen molar-refractivity contribution in [3.05, 3.63) is 72.2 Å². The Kier molecular flexibility index (Phi) is 4.56. The van der Waals surface area contributed by atoms with Crippen molar-refractivity contribution in [3.63, 3.8) is 0 Å². The molecule has 142 valence electrons. The SMILES string of the molecule is O=C(Nc1ccnn1-c1ccncc1)C(=O)N[C@@H]1C[C@@H]1c1c(F)cccc1F. The Labute approximate surface area is 158 Å². The van der Waals surface area contributed by atoms with Crippen molar-refractivity contribution in [1.82, 2.24) is 20.1 Å². The Balaban J connectivity index is 1.40. The molecule has 4 rings (SSSR count). The molecule has 1 fully saturated rings. The van der Waals surface area contributed by atoms with Crippen molar-refractivity contribution in [3.8, 4) is 5.69 Å². The monoisotopic (exact) mass is 383 g/mol. The molecule has 0 aliphatic heterocycles. The molecular weight excluding hydrogens is 368 g/mol. The van der Waals surface area contributed by atoms with Gasteiger partial charge in [0.2, 0.25) is 0 Å². The van der Waals surface area contributed by atoms with Gasteiger partial charge in [0.15, 0.2) is 0 Å². The molecule has 2 N–H and O–H groups in total. The highest BCUT2D eigenvalue weighted by molar-refractivity contribution is 6.39. The molecule has 0 radical (unpaired) electrons. The molecular formula is C19H15F2N5O2. The van der Waals surface area contributed by atoms with Crippen LogP contribution in [0.3, 0.4) is 0 Å². The number of amides is 2. The highest BCUT2D eigenvalue weighted by Crippen LogP contribution is 2.43. The number of hydrogen-bond donors (Lipinski definition) is 2. The first-order valence-electron chi connectivity index (χ1n) is 8.55. The van der Waals surface area contributed by atoms with Gasteiger partial charge in [-0.05, 0) is 30.7 Å². The zero-order chi connectivity index (χ0) is 19.7. The smallest absolute Gasteiger partial charge is 0.314 e. The Hall–Kier alpha value is -3.62. The van der Waals surface area contributed by atoms with Crippen molar-refractivity contribution in [2.24, 2.45) is 0 Å². The van der Waals surface area contributed by atoms with Crippen LogP contribution in [-0.4, -0.2) is 32.6 Å². The Morgan fingerprint density at radius 3 is 2.43 bits per heavy atom. The van der Waals surface area contributed by atoms with E-state index < -0.39 is 35.4 Å². The molecule has 0 bridgehead atoms. The van der Waals surface area contributed by atoms with Gasteiger partial charge in [-0.1, -0.05) is 6.07 Å². The van der Waals surface area contributed by atoms with Crippen molar-refractivity contribution in [2.75, 3.05) is 5.32 Å². The van der Waals surface area contributed by atoms with Crippen LogP contribution >= 0.6 is 0 Å². The third kappa shape index (κ3) is 3.46. The highest BCUT2D eigenvalue weighted by Gasteiger charge is 2.43. The summed E-state index contributed by atoms with van der Waals surface area (Å²) in [4.78, 5) is 28.3. The summed E-state index contributed by atoms with van der Waals surface area (Å²) < 4.78 is 29.1. The van der Waals surface area contributed by atoms with Gasteiger partial charge >= 0.3 is 11.8 Å². The van der Waals surface area contributed by atoms with Gasteiger partial charge in [-0.15, -0.1) is 0 Å². The maximum Gasteiger partial charge on any atom is 0.314 e. The second-order valence-electron chi connectivity index (χ2n) is 6.35. The first kappa shape index (κ1) is 17.8. The molecule has 2 atom stereocenters. The third-order valence-electron chi connectivity index (χ3n) is 4.48. The summed E-state index contributed by atoms with van der Waals surface area (Å²) in [6, 6.07) is 8.06. The summed E-state index contributed by atoms with van der Waals surface area (Å²) in [5.74, 6) is -3.28.